The highest BCUT2D eigenvalue weighted by atomic mass is 16.5. The summed E-state index contributed by atoms with van der Waals surface area (Å²) in [5, 5.41) is 9.15. The smallest absolute Gasteiger partial charge is 0.339 e. The highest BCUT2D eigenvalue weighted by Crippen LogP contribution is 2.29. The minimum absolute atomic E-state index is 0.0161. The summed E-state index contributed by atoms with van der Waals surface area (Å²) in [6.45, 7) is 1.65. The minimum Gasteiger partial charge on any atom is -0.497 e. The second-order valence-corrected chi connectivity index (χ2v) is 3.85. The number of methoxy groups -OCH3 is 2. The Labute approximate surface area is 110 Å². The largest absolute Gasteiger partial charge is 0.497 e. The number of ether oxygens (including phenoxy) is 3. The molecule has 104 valence electrons. The van der Waals surface area contributed by atoms with Crippen molar-refractivity contribution >= 4 is 12.3 Å². The molecule has 0 amide bonds. The lowest BCUT2D eigenvalue weighted by molar-refractivity contribution is -0.117. The number of carboxylic acid groups (broad SMARTS) is 1. The second-order valence-electron chi connectivity index (χ2n) is 3.85. The predicted molar refractivity (Wildman–Crippen MR) is 67.0 cm³/mol. The highest BCUT2D eigenvalue weighted by Gasteiger charge is 2.17. The number of aromatic carboxylic acids is 1. The van der Waals surface area contributed by atoms with E-state index in [-0.39, 0.29) is 17.9 Å². The minimum atomic E-state index is -1.13. The lowest BCUT2D eigenvalue weighted by Crippen LogP contribution is -2.22. The molecule has 1 N–H and O–H groups in total. The van der Waals surface area contributed by atoms with E-state index < -0.39 is 12.1 Å². The van der Waals surface area contributed by atoms with Gasteiger partial charge in [-0.2, -0.15) is 0 Å². The van der Waals surface area contributed by atoms with Gasteiger partial charge < -0.3 is 24.1 Å². The molecule has 6 nitrogen and oxygen atoms in total. The number of hydrogen-bond donors (Lipinski definition) is 1. The molecule has 6 heteroatoms. The molecule has 0 bridgehead atoms. The fraction of sp³-hybridized carbons (Fsp3) is 0.385. The molecule has 0 saturated heterocycles. The fourth-order valence-electron chi connectivity index (χ4n) is 1.54. The van der Waals surface area contributed by atoms with Crippen LogP contribution in [0.1, 0.15) is 15.9 Å². The first kappa shape index (κ1) is 15.0. The summed E-state index contributed by atoms with van der Waals surface area (Å²) in [4.78, 5) is 21.8. The molecule has 0 heterocycles. The Bertz CT molecular complexity index is 468. The van der Waals surface area contributed by atoms with Gasteiger partial charge in [0.25, 0.3) is 0 Å². The van der Waals surface area contributed by atoms with E-state index in [2.05, 4.69) is 0 Å². The summed E-state index contributed by atoms with van der Waals surface area (Å²) in [5.41, 5.74) is 0.593. The quantitative estimate of drug-likeness (QED) is 0.750. The van der Waals surface area contributed by atoms with Crippen LogP contribution < -0.4 is 9.47 Å². The zero-order valence-corrected chi connectivity index (χ0v) is 11.0. The van der Waals surface area contributed by atoms with Gasteiger partial charge in [-0.25, -0.2) is 4.79 Å². The first-order chi connectivity index (χ1) is 9.03. The summed E-state index contributed by atoms with van der Waals surface area (Å²) < 4.78 is 15.2. The van der Waals surface area contributed by atoms with E-state index in [0.29, 0.717) is 17.6 Å². The number of carboxylic acids is 1. The van der Waals surface area contributed by atoms with Gasteiger partial charge in [-0.1, -0.05) is 0 Å². The van der Waals surface area contributed by atoms with Crippen LogP contribution in [0.2, 0.25) is 0 Å². The van der Waals surface area contributed by atoms with E-state index in [0.717, 1.165) is 0 Å². The highest BCUT2D eigenvalue weighted by molar-refractivity contribution is 5.92. The number of rotatable bonds is 7. The zero-order valence-electron chi connectivity index (χ0n) is 11.0. The van der Waals surface area contributed by atoms with Gasteiger partial charge >= 0.3 is 5.97 Å². The number of aldehydes is 1. The lowest BCUT2D eigenvalue weighted by atomic mass is 10.1. The van der Waals surface area contributed by atoms with Crippen LogP contribution in [-0.4, -0.2) is 44.3 Å². The molecule has 1 atom stereocenters. The summed E-state index contributed by atoms with van der Waals surface area (Å²) in [7, 11) is 2.83. The van der Waals surface area contributed by atoms with Crippen molar-refractivity contribution in [3.05, 3.63) is 23.3 Å². The van der Waals surface area contributed by atoms with Gasteiger partial charge in [-0.05, 0) is 24.6 Å². The maximum Gasteiger partial charge on any atom is 0.339 e. The van der Waals surface area contributed by atoms with Crippen LogP contribution >= 0.6 is 0 Å². The van der Waals surface area contributed by atoms with E-state index in [1.807, 2.05) is 0 Å². The van der Waals surface area contributed by atoms with Gasteiger partial charge in [-0.15, -0.1) is 0 Å². The summed E-state index contributed by atoms with van der Waals surface area (Å²) in [5.74, 6) is -0.491. The Balaban J connectivity index is 3.04. The van der Waals surface area contributed by atoms with E-state index in [1.165, 1.54) is 20.3 Å². The molecule has 1 aromatic rings. The molecule has 0 spiro atoms. The van der Waals surface area contributed by atoms with Crippen molar-refractivity contribution < 1.29 is 28.9 Å². The Morgan fingerprint density at radius 1 is 1.42 bits per heavy atom. The summed E-state index contributed by atoms with van der Waals surface area (Å²) >= 11 is 0. The fourth-order valence-corrected chi connectivity index (χ4v) is 1.54. The van der Waals surface area contributed by atoms with Crippen molar-refractivity contribution in [2.75, 3.05) is 20.8 Å². The van der Waals surface area contributed by atoms with E-state index in [1.54, 1.807) is 13.0 Å². The number of carbonyl (C=O) groups excluding carboxylic acids is 1. The van der Waals surface area contributed by atoms with Gasteiger partial charge in [0.15, 0.2) is 6.29 Å². The van der Waals surface area contributed by atoms with Crippen molar-refractivity contribution in [3.63, 3.8) is 0 Å². The van der Waals surface area contributed by atoms with Crippen molar-refractivity contribution in [1.29, 1.82) is 0 Å². The summed E-state index contributed by atoms with van der Waals surface area (Å²) in [6, 6.07) is 3.03. The number of hydrogen-bond acceptors (Lipinski definition) is 5. The standard InChI is InChI=1S/C13H16O6/c1-8-4-9(17-2)5-11(13(15)16)12(8)19-7-10(6-14)18-3/h4-6,10H,7H2,1-3H3,(H,15,16). The third kappa shape index (κ3) is 3.69. The van der Waals surface area contributed by atoms with Gasteiger partial charge in [0, 0.05) is 7.11 Å². The van der Waals surface area contributed by atoms with Gasteiger partial charge in [0.1, 0.15) is 29.8 Å². The molecule has 1 rings (SSSR count). The molecule has 1 unspecified atom stereocenters. The monoisotopic (exact) mass is 268 g/mol. The zero-order chi connectivity index (χ0) is 14.4. The summed E-state index contributed by atoms with van der Waals surface area (Å²) in [6.07, 6.45) is -0.137. The molecule has 0 radical (unpaired) electrons. The molecule has 0 aliphatic heterocycles. The maximum atomic E-state index is 11.2. The van der Waals surface area contributed by atoms with Crippen molar-refractivity contribution in [1.82, 2.24) is 0 Å². The first-order valence-electron chi connectivity index (χ1n) is 5.56. The topological polar surface area (TPSA) is 82.1 Å². The van der Waals surface area contributed by atoms with E-state index >= 15 is 0 Å². The SMILES string of the molecule is COc1cc(C)c(OCC(C=O)OC)c(C(=O)O)c1. The molecule has 0 aliphatic carbocycles. The molecule has 0 aliphatic rings. The van der Waals surface area contributed by atoms with Crippen LogP contribution in [0.25, 0.3) is 0 Å². The van der Waals surface area contributed by atoms with Gasteiger partial charge in [-0.3, -0.25) is 0 Å². The molecular weight excluding hydrogens is 252 g/mol. The predicted octanol–water partition coefficient (Wildman–Crippen LogP) is 1.29. The van der Waals surface area contributed by atoms with Crippen molar-refractivity contribution in [2.45, 2.75) is 13.0 Å². The lowest BCUT2D eigenvalue weighted by Gasteiger charge is -2.15. The third-order valence-corrected chi connectivity index (χ3v) is 2.56. The molecule has 0 fully saturated rings. The van der Waals surface area contributed by atoms with Gasteiger partial charge in [0.05, 0.1) is 7.11 Å². The molecule has 0 aromatic heterocycles. The van der Waals surface area contributed by atoms with Crippen molar-refractivity contribution in [2.24, 2.45) is 0 Å². The normalized spacial score (nSPS) is 11.7. The average Bonchev–Trinajstić information content (AvgIpc) is 2.40. The Morgan fingerprint density at radius 2 is 2.11 bits per heavy atom. The maximum absolute atomic E-state index is 11.2. The second kappa shape index (κ2) is 6.75. The Morgan fingerprint density at radius 3 is 2.58 bits per heavy atom. The average molecular weight is 268 g/mol. The molecular formula is C13H16O6. The number of benzene rings is 1. The van der Waals surface area contributed by atoms with E-state index in [4.69, 9.17) is 19.3 Å². The third-order valence-electron chi connectivity index (χ3n) is 2.56. The molecule has 1 aromatic carbocycles. The van der Waals surface area contributed by atoms with Crippen LogP contribution in [0.5, 0.6) is 11.5 Å². The van der Waals surface area contributed by atoms with E-state index in [9.17, 15) is 9.59 Å². The Kier molecular flexibility index (Phi) is 5.32. The molecule has 19 heavy (non-hydrogen) atoms. The first-order valence-corrected chi connectivity index (χ1v) is 5.56. The van der Waals surface area contributed by atoms with Crippen LogP contribution in [0.3, 0.4) is 0 Å². The van der Waals surface area contributed by atoms with Crippen LogP contribution in [0, 0.1) is 6.92 Å². The number of aryl methyl sites for hydroxylation is 1. The number of carbonyl (C=O) groups is 2. The Hall–Kier alpha value is -2.08. The van der Waals surface area contributed by atoms with Crippen LogP contribution in [0.4, 0.5) is 0 Å². The van der Waals surface area contributed by atoms with Gasteiger partial charge in [0.2, 0.25) is 0 Å². The van der Waals surface area contributed by atoms with Crippen LogP contribution in [0.15, 0.2) is 12.1 Å². The molecule has 0 saturated carbocycles. The van der Waals surface area contributed by atoms with Crippen LogP contribution in [-0.2, 0) is 9.53 Å². The van der Waals surface area contributed by atoms with Crippen molar-refractivity contribution in [3.8, 4) is 11.5 Å².